The number of nitrogens with zero attached hydrogens (tertiary/aromatic N) is 2. The first-order chi connectivity index (χ1) is 16.0. The predicted molar refractivity (Wildman–Crippen MR) is 123 cm³/mol. The van der Waals surface area contributed by atoms with Gasteiger partial charge >= 0.3 is 0 Å². The van der Waals surface area contributed by atoms with Crippen LogP contribution >= 0.6 is 0 Å². The number of ether oxygens (including phenoxy) is 2. The summed E-state index contributed by atoms with van der Waals surface area (Å²) in [5.41, 5.74) is 2.73. The molecule has 1 atom stereocenters. The van der Waals surface area contributed by atoms with Crippen molar-refractivity contribution >= 4 is 15.9 Å². The fraction of sp³-hybridized carbons (Fsp3) is 0.458. The van der Waals surface area contributed by atoms with Crippen molar-refractivity contribution in [3.63, 3.8) is 0 Å². The van der Waals surface area contributed by atoms with E-state index in [-0.39, 0.29) is 10.8 Å². The average molecular weight is 472 g/mol. The Balaban J connectivity index is 1.20. The molecule has 1 unspecified atom stereocenters. The van der Waals surface area contributed by atoms with Crippen LogP contribution in [0.4, 0.5) is 0 Å². The highest BCUT2D eigenvalue weighted by Gasteiger charge is 2.39. The lowest BCUT2D eigenvalue weighted by Gasteiger charge is -2.29. The molecule has 5 rings (SSSR count). The molecule has 1 amide bonds. The molecule has 1 fully saturated rings. The van der Waals surface area contributed by atoms with E-state index in [1.165, 1.54) is 27.6 Å². The maximum Gasteiger partial charge on any atom is 0.243 e. The van der Waals surface area contributed by atoms with Gasteiger partial charge in [-0.2, -0.15) is 4.31 Å². The van der Waals surface area contributed by atoms with Crippen LogP contribution in [0.25, 0.3) is 0 Å². The number of fused-ring (bicyclic) bond motifs is 2. The molecule has 176 valence electrons. The molecule has 0 radical (unpaired) electrons. The third-order valence-corrected chi connectivity index (χ3v) is 8.47. The van der Waals surface area contributed by atoms with Gasteiger partial charge in [0.1, 0.15) is 19.3 Å². The molecular weight excluding hydrogens is 442 g/mol. The summed E-state index contributed by atoms with van der Waals surface area (Å²) in [4.78, 5) is 15.4. The smallest absolute Gasteiger partial charge is 0.243 e. The number of benzene rings is 2. The van der Waals surface area contributed by atoms with Crippen LogP contribution in [0.5, 0.6) is 11.5 Å². The normalized spacial score (nSPS) is 20.9. The Morgan fingerprint density at radius 1 is 1.03 bits per heavy atom. The fourth-order valence-corrected chi connectivity index (χ4v) is 6.48. The quantitative estimate of drug-likeness (QED) is 0.691. The highest BCUT2D eigenvalue weighted by molar-refractivity contribution is 7.89. The first-order valence-corrected chi connectivity index (χ1v) is 12.9. The van der Waals surface area contributed by atoms with Crippen LogP contribution in [0.3, 0.4) is 0 Å². The standard InChI is InChI=1S/C24H29N3O5S/c28-24(25-10-13-26-12-9-18-4-1-2-5-19(18)17-26)21-6-3-11-27(21)33(29,30)20-7-8-22-23(16-20)32-15-14-31-22/h1-2,4-5,7-8,16,21H,3,6,9-15,17H2,(H,25,28). The molecule has 0 saturated carbocycles. The topological polar surface area (TPSA) is 88.2 Å². The summed E-state index contributed by atoms with van der Waals surface area (Å²) < 4.78 is 39.0. The number of carbonyl (C=O) groups is 1. The summed E-state index contributed by atoms with van der Waals surface area (Å²) in [5, 5.41) is 2.97. The van der Waals surface area contributed by atoms with Gasteiger partial charge in [0.05, 0.1) is 4.90 Å². The Labute approximate surface area is 194 Å². The Morgan fingerprint density at radius 2 is 1.82 bits per heavy atom. The molecular formula is C24H29N3O5S. The van der Waals surface area contributed by atoms with Crippen molar-refractivity contribution in [3.05, 3.63) is 53.6 Å². The molecule has 0 aliphatic carbocycles. The molecule has 3 aliphatic heterocycles. The second-order valence-electron chi connectivity index (χ2n) is 8.67. The van der Waals surface area contributed by atoms with Gasteiger partial charge in [-0.1, -0.05) is 24.3 Å². The summed E-state index contributed by atoms with van der Waals surface area (Å²) in [6, 6.07) is 12.4. The van der Waals surface area contributed by atoms with Crippen molar-refractivity contribution in [2.45, 2.75) is 36.7 Å². The van der Waals surface area contributed by atoms with Crippen LogP contribution in [-0.4, -0.2) is 69.0 Å². The largest absolute Gasteiger partial charge is 0.486 e. The zero-order valence-corrected chi connectivity index (χ0v) is 19.4. The third kappa shape index (κ3) is 4.58. The Morgan fingerprint density at radius 3 is 2.67 bits per heavy atom. The van der Waals surface area contributed by atoms with Crippen molar-refractivity contribution in [1.82, 2.24) is 14.5 Å². The number of hydrogen-bond acceptors (Lipinski definition) is 6. The van der Waals surface area contributed by atoms with Crippen LogP contribution in [-0.2, 0) is 27.8 Å². The van der Waals surface area contributed by atoms with E-state index in [0.717, 1.165) is 26.1 Å². The number of sulfonamides is 1. The molecule has 3 aliphatic rings. The maximum absolute atomic E-state index is 13.3. The molecule has 0 spiro atoms. The lowest BCUT2D eigenvalue weighted by molar-refractivity contribution is -0.124. The summed E-state index contributed by atoms with van der Waals surface area (Å²) in [6.45, 7) is 4.22. The third-order valence-electron chi connectivity index (χ3n) is 6.56. The van der Waals surface area contributed by atoms with Crippen molar-refractivity contribution in [1.29, 1.82) is 0 Å². The highest BCUT2D eigenvalue weighted by atomic mass is 32.2. The van der Waals surface area contributed by atoms with E-state index in [9.17, 15) is 13.2 Å². The van der Waals surface area contributed by atoms with Crippen molar-refractivity contribution in [2.24, 2.45) is 0 Å². The summed E-state index contributed by atoms with van der Waals surface area (Å²) in [6.07, 6.45) is 2.19. The van der Waals surface area contributed by atoms with Gasteiger partial charge in [0.15, 0.2) is 11.5 Å². The summed E-state index contributed by atoms with van der Waals surface area (Å²) >= 11 is 0. The van der Waals surface area contributed by atoms with Crippen molar-refractivity contribution in [3.8, 4) is 11.5 Å². The van der Waals surface area contributed by atoms with Crippen LogP contribution in [0, 0.1) is 0 Å². The van der Waals surface area contributed by atoms with E-state index >= 15 is 0 Å². The lowest BCUT2D eigenvalue weighted by Crippen LogP contribution is -2.47. The molecule has 1 saturated heterocycles. The highest BCUT2D eigenvalue weighted by Crippen LogP contribution is 2.34. The van der Waals surface area contributed by atoms with Gasteiger partial charge in [-0.25, -0.2) is 8.42 Å². The molecule has 3 heterocycles. The Kier molecular flexibility index (Phi) is 6.27. The van der Waals surface area contributed by atoms with E-state index < -0.39 is 16.1 Å². The lowest BCUT2D eigenvalue weighted by atomic mass is 10.00. The van der Waals surface area contributed by atoms with Crippen LogP contribution in [0.15, 0.2) is 47.4 Å². The number of rotatable bonds is 6. The van der Waals surface area contributed by atoms with Crippen molar-refractivity contribution < 1.29 is 22.7 Å². The molecule has 9 heteroatoms. The monoisotopic (exact) mass is 471 g/mol. The summed E-state index contributed by atoms with van der Waals surface area (Å²) in [5.74, 6) is 0.730. The second kappa shape index (κ2) is 9.32. The van der Waals surface area contributed by atoms with Crippen LogP contribution in [0.1, 0.15) is 24.0 Å². The van der Waals surface area contributed by atoms with E-state index in [0.29, 0.717) is 50.6 Å². The Bertz CT molecular complexity index is 1140. The van der Waals surface area contributed by atoms with Gasteiger partial charge in [0, 0.05) is 38.8 Å². The first kappa shape index (κ1) is 22.2. The SMILES string of the molecule is O=C(NCCN1CCc2ccccc2C1)C1CCCN1S(=O)(=O)c1ccc2c(c1)OCCO2. The minimum atomic E-state index is -3.82. The van der Waals surface area contributed by atoms with E-state index in [1.807, 2.05) is 0 Å². The number of hydrogen-bond donors (Lipinski definition) is 1. The second-order valence-corrected chi connectivity index (χ2v) is 10.6. The average Bonchev–Trinajstić information content (AvgIpc) is 3.35. The van der Waals surface area contributed by atoms with Gasteiger partial charge in [-0.15, -0.1) is 0 Å². The van der Waals surface area contributed by atoms with Crippen LogP contribution < -0.4 is 14.8 Å². The van der Waals surface area contributed by atoms with Crippen molar-refractivity contribution in [2.75, 3.05) is 39.4 Å². The molecule has 8 nitrogen and oxygen atoms in total. The molecule has 0 bridgehead atoms. The first-order valence-electron chi connectivity index (χ1n) is 11.5. The molecule has 2 aromatic carbocycles. The fourth-order valence-electron chi connectivity index (χ4n) is 4.81. The number of amides is 1. The van der Waals surface area contributed by atoms with Crippen LogP contribution in [0.2, 0.25) is 0 Å². The zero-order valence-electron chi connectivity index (χ0n) is 18.5. The molecule has 0 aromatic heterocycles. The maximum atomic E-state index is 13.3. The van der Waals surface area contributed by atoms with Gasteiger partial charge in [0.2, 0.25) is 15.9 Å². The van der Waals surface area contributed by atoms with E-state index in [1.54, 1.807) is 6.07 Å². The van der Waals surface area contributed by atoms with E-state index in [2.05, 4.69) is 34.5 Å². The summed E-state index contributed by atoms with van der Waals surface area (Å²) in [7, 11) is -3.82. The predicted octanol–water partition coefficient (Wildman–Crippen LogP) is 1.79. The zero-order chi connectivity index (χ0) is 22.8. The number of nitrogens with one attached hydrogen (secondary N) is 1. The number of carbonyl (C=O) groups excluding carboxylic acids is 1. The molecule has 2 aromatic rings. The molecule has 33 heavy (non-hydrogen) atoms. The Hall–Kier alpha value is -2.62. The van der Waals surface area contributed by atoms with Gasteiger partial charge in [0.25, 0.3) is 0 Å². The minimum absolute atomic E-state index is 0.124. The minimum Gasteiger partial charge on any atom is -0.486 e. The van der Waals surface area contributed by atoms with Gasteiger partial charge in [-0.05, 0) is 42.5 Å². The van der Waals surface area contributed by atoms with E-state index in [4.69, 9.17) is 9.47 Å². The van der Waals surface area contributed by atoms with Gasteiger partial charge < -0.3 is 14.8 Å². The molecule has 1 N–H and O–H groups in total. The van der Waals surface area contributed by atoms with Gasteiger partial charge in [-0.3, -0.25) is 9.69 Å².